The molecule has 0 aliphatic carbocycles. The Bertz CT molecular complexity index is 899. The molecule has 1 atom stereocenters. The number of ether oxygens (including phenoxy) is 1. The lowest BCUT2D eigenvalue weighted by molar-refractivity contribution is 0.0707. The number of carbonyl (C=O) groups excluding carboxylic acids is 1. The zero-order valence-corrected chi connectivity index (χ0v) is 18.4. The fourth-order valence-electron chi connectivity index (χ4n) is 4.24. The highest BCUT2D eigenvalue weighted by atomic mass is 35.5. The third-order valence-corrected chi connectivity index (χ3v) is 6.27. The number of morpholine rings is 1. The first-order valence-corrected chi connectivity index (χ1v) is 11.0. The summed E-state index contributed by atoms with van der Waals surface area (Å²) >= 11 is 6.45. The summed E-state index contributed by atoms with van der Waals surface area (Å²) in [5.41, 5.74) is 2.87. The highest BCUT2D eigenvalue weighted by molar-refractivity contribution is 6.33. The number of rotatable bonds is 4. The van der Waals surface area contributed by atoms with Crippen LogP contribution in [-0.2, 0) is 4.74 Å². The summed E-state index contributed by atoms with van der Waals surface area (Å²) in [4.78, 5) is 23.9. The number of amides is 1. The maximum atomic E-state index is 13.3. The highest BCUT2D eigenvalue weighted by Gasteiger charge is 2.27. The Hall–Kier alpha value is -2.31. The average Bonchev–Trinajstić information content (AvgIpc) is 2.79. The van der Waals surface area contributed by atoms with Crippen molar-refractivity contribution < 1.29 is 9.53 Å². The summed E-state index contributed by atoms with van der Waals surface area (Å²) in [5.74, 6) is 1.35. The number of benzene rings is 1. The molecule has 160 valence electrons. The zero-order valence-electron chi connectivity index (χ0n) is 17.7. The molecule has 0 saturated carbocycles. The van der Waals surface area contributed by atoms with E-state index in [1.165, 1.54) is 5.56 Å². The SMILES string of the molecule is CN(C)c1cc([C@H]2CCCN(C(=O)c3ccc(Cl)c(N4CCOCC4)c3)C2)ccn1. The normalized spacial score (nSPS) is 19.6. The average molecular weight is 429 g/mol. The van der Waals surface area contributed by atoms with Gasteiger partial charge in [-0.1, -0.05) is 11.6 Å². The summed E-state index contributed by atoms with van der Waals surface area (Å²) in [6.45, 7) is 4.47. The second-order valence-electron chi connectivity index (χ2n) is 8.20. The molecule has 2 saturated heterocycles. The lowest BCUT2D eigenvalue weighted by Gasteiger charge is -2.34. The largest absolute Gasteiger partial charge is 0.378 e. The van der Waals surface area contributed by atoms with Crippen LogP contribution >= 0.6 is 11.6 Å². The van der Waals surface area contributed by atoms with Crippen molar-refractivity contribution in [3.63, 3.8) is 0 Å². The maximum absolute atomic E-state index is 13.3. The Morgan fingerprint density at radius 3 is 2.73 bits per heavy atom. The molecule has 30 heavy (non-hydrogen) atoms. The fourth-order valence-corrected chi connectivity index (χ4v) is 4.48. The van der Waals surface area contributed by atoms with Crippen molar-refractivity contribution in [2.45, 2.75) is 18.8 Å². The third kappa shape index (κ3) is 4.55. The first-order chi connectivity index (χ1) is 14.5. The number of hydrogen-bond acceptors (Lipinski definition) is 5. The lowest BCUT2D eigenvalue weighted by Crippen LogP contribution is -2.39. The molecule has 0 radical (unpaired) electrons. The van der Waals surface area contributed by atoms with Crippen molar-refractivity contribution in [2.75, 3.05) is 63.3 Å². The van der Waals surface area contributed by atoms with E-state index in [0.717, 1.165) is 50.5 Å². The molecule has 2 fully saturated rings. The molecule has 0 N–H and O–H groups in total. The maximum Gasteiger partial charge on any atom is 0.253 e. The Labute approximate surface area is 183 Å². The summed E-state index contributed by atoms with van der Waals surface area (Å²) in [7, 11) is 3.99. The van der Waals surface area contributed by atoms with Gasteiger partial charge in [0.1, 0.15) is 5.82 Å². The number of carbonyl (C=O) groups is 1. The second-order valence-corrected chi connectivity index (χ2v) is 8.60. The van der Waals surface area contributed by atoms with Crippen LogP contribution in [0.5, 0.6) is 0 Å². The molecule has 6 nitrogen and oxygen atoms in total. The second kappa shape index (κ2) is 9.23. The van der Waals surface area contributed by atoms with Crippen molar-refractivity contribution in [1.29, 1.82) is 0 Å². The molecular formula is C23H29ClN4O2. The summed E-state index contributed by atoms with van der Waals surface area (Å²) in [5, 5.41) is 0.679. The molecular weight excluding hydrogens is 400 g/mol. The predicted molar refractivity (Wildman–Crippen MR) is 121 cm³/mol. The van der Waals surface area contributed by atoms with Crippen LogP contribution in [-0.4, -0.2) is 69.3 Å². The first-order valence-electron chi connectivity index (χ1n) is 10.6. The van der Waals surface area contributed by atoms with E-state index in [9.17, 15) is 4.79 Å². The molecule has 2 aliphatic rings. The smallest absolute Gasteiger partial charge is 0.253 e. The van der Waals surface area contributed by atoms with Crippen LogP contribution in [0.15, 0.2) is 36.5 Å². The minimum absolute atomic E-state index is 0.0766. The van der Waals surface area contributed by atoms with Gasteiger partial charge in [0.25, 0.3) is 5.91 Å². The van der Waals surface area contributed by atoms with Gasteiger partial charge in [0.05, 0.1) is 23.9 Å². The van der Waals surface area contributed by atoms with Crippen LogP contribution in [0.2, 0.25) is 5.02 Å². The number of likely N-dealkylation sites (tertiary alicyclic amines) is 1. The quantitative estimate of drug-likeness (QED) is 0.743. The predicted octanol–water partition coefficient (Wildman–Crippen LogP) is 3.66. The van der Waals surface area contributed by atoms with Crippen molar-refractivity contribution in [3.05, 3.63) is 52.7 Å². The lowest BCUT2D eigenvalue weighted by atomic mass is 9.90. The van der Waals surface area contributed by atoms with Crippen LogP contribution in [0.3, 0.4) is 0 Å². The molecule has 3 heterocycles. The van der Waals surface area contributed by atoms with Gasteiger partial charge in [-0.2, -0.15) is 0 Å². The molecule has 1 aromatic heterocycles. The number of halogens is 1. The standard InChI is InChI=1S/C23H29ClN4O2/c1-26(2)22-15-17(7-8-25-22)19-4-3-9-28(16-19)23(29)18-5-6-20(24)21(14-18)27-10-12-30-13-11-27/h5-8,14-15,19H,3-4,9-13,16H2,1-2H3/t19-/m0/s1. The zero-order chi connectivity index (χ0) is 21.1. The van der Waals surface area contributed by atoms with Gasteiger partial charge >= 0.3 is 0 Å². The van der Waals surface area contributed by atoms with E-state index >= 15 is 0 Å². The van der Waals surface area contributed by atoms with E-state index in [-0.39, 0.29) is 5.91 Å². The number of aromatic nitrogens is 1. The topological polar surface area (TPSA) is 48.9 Å². The summed E-state index contributed by atoms with van der Waals surface area (Å²) in [6.07, 6.45) is 3.94. The molecule has 7 heteroatoms. The van der Waals surface area contributed by atoms with Gasteiger partial charge in [-0.3, -0.25) is 4.79 Å². The van der Waals surface area contributed by atoms with Crippen LogP contribution in [0.25, 0.3) is 0 Å². The molecule has 1 amide bonds. The van der Waals surface area contributed by atoms with E-state index in [1.807, 2.05) is 48.3 Å². The molecule has 2 aromatic rings. The number of piperidine rings is 1. The van der Waals surface area contributed by atoms with Gasteiger partial charge in [-0.05, 0) is 48.7 Å². The fraction of sp³-hybridized carbons (Fsp3) is 0.478. The van der Waals surface area contributed by atoms with Gasteiger partial charge in [0.15, 0.2) is 0 Å². The number of anilines is 2. The van der Waals surface area contributed by atoms with Crippen molar-refractivity contribution >= 4 is 29.0 Å². The molecule has 0 bridgehead atoms. The van der Waals surface area contributed by atoms with Gasteiger partial charge in [0, 0.05) is 58.0 Å². The Kier molecular flexibility index (Phi) is 6.44. The van der Waals surface area contributed by atoms with Gasteiger partial charge in [-0.15, -0.1) is 0 Å². The number of nitrogens with zero attached hydrogens (tertiary/aromatic N) is 4. The summed E-state index contributed by atoms with van der Waals surface area (Å²) in [6, 6.07) is 9.83. The molecule has 1 aromatic carbocycles. The minimum Gasteiger partial charge on any atom is -0.378 e. The van der Waals surface area contributed by atoms with Crippen LogP contribution in [0.1, 0.15) is 34.7 Å². The highest BCUT2D eigenvalue weighted by Crippen LogP contribution is 2.31. The van der Waals surface area contributed by atoms with Crippen molar-refractivity contribution in [1.82, 2.24) is 9.88 Å². The number of pyridine rings is 1. The van der Waals surface area contributed by atoms with E-state index in [4.69, 9.17) is 16.3 Å². The number of hydrogen-bond donors (Lipinski definition) is 0. The van der Waals surface area contributed by atoms with E-state index in [1.54, 1.807) is 0 Å². The van der Waals surface area contributed by atoms with E-state index < -0.39 is 0 Å². The van der Waals surface area contributed by atoms with Crippen molar-refractivity contribution in [2.24, 2.45) is 0 Å². The molecule has 2 aliphatic heterocycles. The van der Waals surface area contributed by atoms with E-state index in [2.05, 4.69) is 22.0 Å². The monoisotopic (exact) mass is 428 g/mol. The van der Waals surface area contributed by atoms with Gasteiger partial charge < -0.3 is 19.4 Å². The Morgan fingerprint density at radius 1 is 1.17 bits per heavy atom. The van der Waals surface area contributed by atoms with Gasteiger partial charge in [0.2, 0.25) is 0 Å². The molecule has 0 unspecified atom stereocenters. The molecule has 0 spiro atoms. The minimum atomic E-state index is 0.0766. The van der Waals surface area contributed by atoms with Crippen LogP contribution in [0.4, 0.5) is 11.5 Å². The van der Waals surface area contributed by atoms with Gasteiger partial charge in [-0.25, -0.2) is 4.98 Å². The summed E-state index contributed by atoms with van der Waals surface area (Å²) < 4.78 is 5.44. The molecule has 4 rings (SSSR count). The van der Waals surface area contributed by atoms with Crippen LogP contribution < -0.4 is 9.80 Å². The Morgan fingerprint density at radius 2 is 1.97 bits per heavy atom. The van der Waals surface area contributed by atoms with Crippen LogP contribution in [0, 0.1) is 0 Å². The van der Waals surface area contributed by atoms with Crippen molar-refractivity contribution in [3.8, 4) is 0 Å². The third-order valence-electron chi connectivity index (χ3n) is 5.95. The first kappa shape index (κ1) is 20.9. The van der Waals surface area contributed by atoms with E-state index in [0.29, 0.717) is 29.7 Å². The Balaban J connectivity index is 1.51.